The van der Waals surface area contributed by atoms with Gasteiger partial charge in [0.05, 0.1) is 5.56 Å². The number of aromatic amines is 1. The first-order chi connectivity index (χ1) is 25.9. The van der Waals surface area contributed by atoms with Crippen LogP contribution in [0.15, 0.2) is 63.4 Å². The lowest BCUT2D eigenvalue weighted by Gasteiger charge is -2.29. The molecule has 1 spiro atoms. The number of nitrogens with zero attached hydrogens (tertiary/aromatic N) is 2. The third kappa shape index (κ3) is 4.47. The highest BCUT2D eigenvalue weighted by Gasteiger charge is 2.61. The Morgan fingerprint density at radius 1 is 1.00 bits per heavy atom. The van der Waals surface area contributed by atoms with E-state index in [9.17, 15) is 14.7 Å². The highest BCUT2D eigenvalue weighted by atomic mass is 35.5. The topological polar surface area (TPSA) is 168 Å². The summed E-state index contributed by atoms with van der Waals surface area (Å²) < 4.78 is 20.4. The summed E-state index contributed by atoms with van der Waals surface area (Å²) >= 11 is 13.9. The van der Waals surface area contributed by atoms with Gasteiger partial charge < -0.3 is 39.6 Å². The van der Waals surface area contributed by atoms with Gasteiger partial charge in [-0.1, -0.05) is 93.4 Å². The number of ether oxygens (including phenoxy) is 1. The van der Waals surface area contributed by atoms with Crippen LogP contribution in [0.1, 0.15) is 62.1 Å². The number of carbonyl (C=O) groups excluding carboxylic acids is 2. The van der Waals surface area contributed by atoms with E-state index < -0.39 is 41.6 Å². The molecular weight excluding hydrogens is 731 g/mol. The molecule has 0 radical (unpaired) electrons. The van der Waals surface area contributed by atoms with Crippen LogP contribution in [0.4, 0.5) is 5.69 Å². The highest BCUT2D eigenvalue weighted by Crippen LogP contribution is 2.62. The molecule has 0 saturated heterocycles. The van der Waals surface area contributed by atoms with Crippen molar-refractivity contribution in [3.8, 4) is 39.8 Å². The monoisotopic (exact) mass is 764 g/mol. The summed E-state index contributed by atoms with van der Waals surface area (Å²) in [6.45, 7) is 7.36. The lowest BCUT2D eigenvalue weighted by Crippen LogP contribution is -2.52. The Hall–Kier alpha value is -5.30. The van der Waals surface area contributed by atoms with Crippen molar-refractivity contribution in [2.24, 2.45) is 11.8 Å². The van der Waals surface area contributed by atoms with E-state index >= 15 is 0 Å². The smallest absolute Gasteiger partial charge is 0.250 e. The van der Waals surface area contributed by atoms with Crippen molar-refractivity contribution < 1.29 is 28.3 Å². The maximum Gasteiger partial charge on any atom is 0.250 e. The van der Waals surface area contributed by atoms with Crippen LogP contribution >= 0.6 is 23.2 Å². The number of amides is 2. The van der Waals surface area contributed by atoms with Crippen LogP contribution in [0.2, 0.25) is 10.3 Å². The van der Waals surface area contributed by atoms with E-state index in [1.807, 2.05) is 62.4 Å². The van der Waals surface area contributed by atoms with E-state index in [-0.39, 0.29) is 46.6 Å². The number of rotatable bonds is 4. The number of hydrogen-bond acceptors (Lipinski definition) is 9. The lowest BCUT2D eigenvalue weighted by molar-refractivity contribution is -0.135. The molecule has 14 heteroatoms. The van der Waals surface area contributed by atoms with E-state index in [0.717, 1.165) is 44.4 Å². The van der Waals surface area contributed by atoms with Crippen LogP contribution in [0, 0.1) is 11.8 Å². The molecule has 12 nitrogen and oxygen atoms in total. The number of aliphatic hydroxyl groups excluding tert-OH is 1. The predicted molar refractivity (Wildman–Crippen MR) is 201 cm³/mol. The van der Waals surface area contributed by atoms with Gasteiger partial charge in [-0.3, -0.25) is 9.59 Å². The first-order valence-corrected chi connectivity index (χ1v) is 18.7. The molecule has 3 aromatic heterocycles. The molecule has 274 valence electrons. The molecule has 10 rings (SSSR count). The predicted octanol–water partition coefficient (Wildman–Crippen LogP) is 7.11. The largest absolute Gasteiger partial charge is 0.469 e. The molecule has 0 saturated carbocycles. The van der Waals surface area contributed by atoms with Crippen LogP contribution < -0.4 is 20.7 Å². The molecule has 54 heavy (non-hydrogen) atoms. The van der Waals surface area contributed by atoms with Crippen molar-refractivity contribution in [1.29, 1.82) is 0 Å². The van der Waals surface area contributed by atoms with Gasteiger partial charge in [0.15, 0.2) is 28.6 Å². The molecule has 1 unspecified atom stereocenters. The third-order valence-electron chi connectivity index (χ3n) is 11.2. The second-order valence-corrected chi connectivity index (χ2v) is 15.8. The molecule has 4 aliphatic heterocycles. The van der Waals surface area contributed by atoms with Crippen LogP contribution in [0.3, 0.4) is 0 Å². The van der Waals surface area contributed by atoms with E-state index in [1.54, 1.807) is 13.8 Å². The number of oxazole rings is 2. The second-order valence-electron chi connectivity index (χ2n) is 15.1. The van der Waals surface area contributed by atoms with Crippen molar-refractivity contribution in [2.45, 2.75) is 63.9 Å². The fraction of sp³-hybridized carbons (Fsp3) is 0.300. The van der Waals surface area contributed by atoms with E-state index in [2.05, 4.69) is 27.0 Å². The number of H-pyrrole nitrogens is 1. The molecule has 3 aromatic carbocycles. The van der Waals surface area contributed by atoms with Crippen LogP contribution in [-0.4, -0.2) is 50.2 Å². The summed E-state index contributed by atoms with van der Waals surface area (Å²) in [5.41, 5.74) is 5.49. The van der Waals surface area contributed by atoms with Crippen molar-refractivity contribution in [3.05, 3.63) is 93.2 Å². The summed E-state index contributed by atoms with van der Waals surface area (Å²) in [7, 11) is 0. The van der Waals surface area contributed by atoms with E-state index in [0.29, 0.717) is 22.2 Å². The standard InChI is InChI=1S/C40H34Cl2N6O6/c1-15(2)27-37-46-29-32(54-37)40-20-9-5-8-19(18-7-6-10-22-25(18)26(33(41)43-22)31-34(42)48-38(29)53-31)28(20)47-39(40)52-24-12-11-17(13-21(24)40)14-23(35(50)45-27)44-36(51)30(49)16(3)4/h5-13,15-16,23,27,30,39,43,47,49H,14H2,1-4H3,(H,44,51)(H,45,50)/t23-,27-,30-,39-,40?/m0/s1. The number of para-hydroxylation sites is 1. The molecule has 5 atom stereocenters. The fourth-order valence-corrected chi connectivity index (χ4v) is 9.01. The molecule has 10 bridgehead atoms. The maximum atomic E-state index is 14.2. The first-order valence-electron chi connectivity index (χ1n) is 17.9. The normalized spacial score (nSPS) is 22.2. The number of fused-ring (bicyclic) bond motifs is 7. The molecule has 6 aromatic rings. The number of aromatic nitrogens is 3. The minimum absolute atomic E-state index is 0.0872. The van der Waals surface area contributed by atoms with Gasteiger partial charge in [0.1, 0.15) is 34.5 Å². The Balaban J connectivity index is 1.30. The van der Waals surface area contributed by atoms with Gasteiger partial charge in [-0.05, 0) is 35.1 Å². The Morgan fingerprint density at radius 3 is 2.59 bits per heavy atom. The zero-order chi connectivity index (χ0) is 37.4. The number of carbonyl (C=O) groups is 2. The Bertz CT molecular complexity index is 2590. The van der Waals surface area contributed by atoms with Crippen molar-refractivity contribution in [3.63, 3.8) is 0 Å². The average Bonchev–Trinajstić information content (AvgIpc) is 3.94. The van der Waals surface area contributed by atoms with Crippen molar-refractivity contribution >= 4 is 51.6 Å². The zero-order valence-corrected chi connectivity index (χ0v) is 31.0. The molecule has 0 aliphatic carbocycles. The number of aliphatic hydroxyl groups is 1. The molecule has 5 N–H and O–H groups in total. The number of hydrogen-bond donors (Lipinski definition) is 5. The molecular formula is C40H34Cl2N6O6. The van der Waals surface area contributed by atoms with Crippen molar-refractivity contribution in [1.82, 2.24) is 25.6 Å². The highest BCUT2D eigenvalue weighted by molar-refractivity contribution is 6.37. The fourth-order valence-electron chi connectivity index (χ4n) is 8.52. The second kappa shape index (κ2) is 11.6. The molecule has 2 amide bonds. The Kier molecular flexibility index (Phi) is 7.15. The lowest BCUT2D eigenvalue weighted by atomic mass is 9.72. The first kappa shape index (κ1) is 33.3. The van der Waals surface area contributed by atoms with E-state index in [1.165, 1.54) is 0 Å². The average molecular weight is 766 g/mol. The molecule has 0 fully saturated rings. The van der Waals surface area contributed by atoms with Gasteiger partial charge in [0, 0.05) is 39.7 Å². The van der Waals surface area contributed by atoms with Gasteiger partial charge in [0.2, 0.25) is 17.7 Å². The summed E-state index contributed by atoms with van der Waals surface area (Å²) in [5, 5.41) is 21.5. The number of anilines is 1. The SMILES string of the molecule is CC(C)[C@H](O)C(=O)N[C@H]1Cc2ccc3c(c2)C24c5cccc(c5N[C@H]2O3)-c2cccc3[nH]c(Cl)c(c23)-c2oc(nc2Cl)-c2nc(oc24)[C@H](C(C)C)NC1=O. The quantitative estimate of drug-likeness (QED) is 0.126. The number of nitrogens with one attached hydrogen (secondary N) is 4. The number of halogens is 2. The maximum absolute atomic E-state index is 14.2. The van der Waals surface area contributed by atoms with Crippen LogP contribution in [0.5, 0.6) is 5.75 Å². The van der Waals surface area contributed by atoms with Gasteiger partial charge in [0.25, 0.3) is 5.89 Å². The summed E-state index contributed by atoms with van der Waals surface area (Å²) in [4.78, 5) is 40.5. The molecule has 7 heterocycles. The molecule has 4 aliphatic rings. The van der Waals surface area contributed by atoms with Gasteiger partial charge >= 0.3 is 0 Å². The van der Waals surface area contributed by atoms with Crippen molar-refractivity contribution in [2.75, 3.05) is 5.32 Å². The summed E-state index contributed by atoms with van der Waals surface area (Å²) in [6.07, 6.45) is -1.87. The Morgan fingerprint density at radius 2 is 1.80 bits per heavy atom. The van der Waals surface area contributed by atoms with Gasteiger partial charge in [-0.15, -0.1) is 0 Å². The van der Waals surface area contributed by atoms with Crippen LogP contribution in [-0.2, 0) is 21.4 Å². The third-order valence-corrected chi connectivity index (χ3v) is 11.7. The number of benzene rings is 3. The van der Waals surface area contributed by atoms with Crippen LogP contribution in [0.25, 0.3) is 44.9 Å². The van der Waals surface area contributed by atoms with Gasteiger partial charge in [-0.25, -0.2) is 4.98 Å². The Labute approximate surface area is 318 Å². The minimum atomic E-state index is -1.30. The van der Waals surface area contributed by atoms with E-state index in [4.69, 9.17) is 46.7 Å². The summed E-state index contributed by atoms with van der Waals surface area (Å²) in [5.74, 6) is -0.0970. The zero-order valence-electron chi connectivity index (χ0n) is 29.5. The summed E-state index contributed by atoms with van der Waals surface area (Å²) in [6, 6.07) is 16.0. The van der Waals surface area contributed by atoms with Gasteiger partial charge in [-0.2, -0.15) is 4.98 Å². The minimum Gasteiger partial charge on any atom is -0.469 e.